The van der Waals surface area contributed by atoms with Crippen LogP contribution in [0.15, 0.2) is 4.34 Å². The minimum Gasteiger partial charge on any atom is -0.481 e. The van der Waals surface area contributed by atoms with Crippen LogP contribution in [-0.2, 0) is 4.79 Å². The van der Waals surface area contributed by atoms with Crippen molar-refractivity contribution in [2.75, 3.05) is 23.7 Å². The Morgan fingerprint density at radius 3 is 2.56 bits per heavy atom. The zero-order valence-electron chi connectivity index (χ0n) is 10.2. The molecule has 0 atom stereocenters. The Morgan fingerprint density at radius 2 is 1.89 bits per heavy atom. The van der Waals surface area contributed by atoms with Gasteiger partial charge in [-0.25, -0.2) is 0 Å². The molecule has 0 bridgehead atoms. The summed E-state index contributed by atoms with van der Waals surface area (Å²) in [6.07, 6.45) is 6.32. The second-order valence-corrected chi connectivity index (χ2v) is 6.47. The molecular formula is C11H17N3O2S2. The van der Waals surface area contributed by atoms with E-state index in [4.69, 9.17) is 5.11 Å². The van der Waals surface area contributed by atoms with E-state index in [1.54, 1.807) is 0 Å². The molecule has 18 heavy (non-hydrogen) atoms. The van der Waals surface area contributed by atoms with Crippen molar-refractivity contribution in [3.8, 4) is 0 Å². The Balaban J connectivity index is 1.92. The number of carboxylic acids is 1. The van der Waals surface area contributed by atoms with Gasteiger partial charge in [-0.15, -0.1) is 10.2 Å². The van der Waals surface area contributed by atoms with Gasteiger partial charge in [0.2, 0.25) is 5.13 Å². The zero-order valence-corrected chi connectivity index (χ0v) is 11.8. The lowest BCUT2D eigenvalue weighted by atomic mass is 10.1. The molecule has 1 aliphatic rings. The molecule has 7 heteroatoms. The predicted octanol–water partition coefficient (Wildman–Crippen LogP) is 2.49. The lowest BCUT2D eigenvalue weighted by Gasteiger charge is -2.23. The van der Waals surface area contributed by atoms with E-state index in [9.17, 15) is 4.79 Å². The minimum absolute atomic E-state index is 0.0502. The summed E-state index contributed by atoms with van der Waals surface area (Å²) in [4.78, 5) is 12.8. The van der Waals surface area contributed by atoms with Gasteiger partial charge in [-0.1, -0.05) is 42.4 Å². The molecule has 0 aliphatic carbocycles. The first kappa shape index (κ1) is 13.6. The lowest BCUT2D eigenvalue weighted by molar-refractivity contribution is -0.133. The van der Waals surface area contributed by atoms with Gasteiger partial charge < -0.3 is 10.0 Å². The van der Waals surface area contributed by atoms with Crippen LogP contribution in [0, 0.1) is 0 Å². The highest BCUT2D eigenvalue weighted by Crippen LogP contribution is 2.29. The number of anilines is 1. The van der Waals surface area contributed by atoms with Gasteiger partial charge in [-0.2, -0.15) is 0 Å². The van der Waals surface area contributed by atoms with E-state index in [0.717, 1.165) is 22.6 Å². The maximum absolute atomic E-state index is 10.5. The highest BCUT2D eigenvalue weighted by Gasteiger charge is 2.14. The largest absolute Gasteiger partial charge is 0.481 e. The number of rotatable bonds is 4. The molecule has 0 unspecified atom stereocenters. The molecule has 1 aromatic heterocycles. The summed E-state index contributed by atoms with van der Waals surface area (Å²) in [7, 11) is 0. The van der Waals surface area contributed by atoms with E-state index in [2.05, 4.69) is 15.1 Å². The van der Waals surface area contributed by atoms with Crippen LogP contribution in [0.1, 0.15) is 32.1 Å². The van der Waals surface area contributed by atoms with Gasteiger partial charge in [0.1, 0.15) is 0 Å². The first-order valence-corrected chi connectivity index (χ1v) is 7.99. The first-order chi connectivity index (χ1) is 8.75. The molecular weight excluding hydrogens is 270 g/mol. The number of aliphatic carboxylic acids is 1. The third-order valence-electron chi connectivity index (χ3n) is 2.84. The number of nitrogens with zero attached hydrogens (tertiary/aromatic N) is 3. The fraction of sp³-hybridized carbons (Fsp3) is 0.727. The Labute approximate surface area is 115 Å². The van der Waals surface area contributed by atoms with Crippen molar-refractivity contribution in [2.24, 2.45) is 0 Å². The number of carboxylic acid groups (broad SMARTS) is 1. The topological polar surface area (TPSA) is 66.3 Å². The molecule has 0 aromatic carbocycles. The highest BCUT2D eigenvalue weighted by atomic mass is 32.2. The Kier molecular flexibility index (Phi) is 5.25. The summed E-state index contributed by atoms with van der Waals surface area (Å²) in [5.41, 5.74) is 0. The molecule has 1 fully saturated rings. The lowest BCUT2D eigenvalue weighted by Crippen LogP contribution is -2.26. The second kappa shape index (κ2) is 6.94. The van der Waals surface area contributed by atoms with Gasteiger partial charge in [0.15, 0.2) is 4.34 Å². The van der Waals surface area contributed by atoms with Crippen LogP contribution >= 0.6 is 23.1 Å². The summed E-state index contributed by atoms with van der Waals surface area (Å²) >= 11 is 2.74. The zero-order chi connectivity index (χ0) is 12.8. The van der Waals surface area contributed by atoms with Gasteiger partial charge in [0.25, 0.3) is 0 Å². The molecule has 2 rings (SSSR count). The fourth-order valence-electron chi connectivity index (χ4n) is 1.95. The van der Waals surface area contributed by atoms with Gasteiger partial charge in [-0.05, 0) is 12.8 Å². The van der Waals surface area contributed by atoms with E-state index < -0.39 is 5.97 Å². The van der Waals surface area contributed by atoms with E-state index in [0.29, 0.717) is 0 Å². The molecule has 1 saturated heterocycles. The SMILES string of the molecule is O=C(O)CSc1nnc(N2CCCCCCC2)s1. The van der Waals surface area contributed by atoms with Gasteiger partial charge in [0.05, 0.1) is 5.75 Å². The molecule has 0 radical (unpaired) electrons. The number of hydrogen-bond acceptors (Lipinski definition) is 6. The molecule has 1 aliphatic heterocycles. The van der Waals surface area contributed by atoms with Crippen LogP contribution in [0.4, 0.5) is 5.13 Å². The fourth-order valence-corrected chi connectivity index (χ4v) is 3.56. The molecule has 0 saturated carbocycles. The van der Waals surface area contributed by atoms with Crippen LogP contribution in [0.25, 0.3) is 0 Å². The van der Waals surface area contributed by atoms with E-state index in [1.807, 2.05) is 0 Å². The number of aromatic nitrogens is 2. The van der Waals surface area contributed by atoms with Crippen LogP contribution < -0.4 is 4.90 Å². The summed E-state index contributed by atoms with van der Waals surface area (Å²) in [6, 6.07) is 0. The number of carbonyl (C=O) groups is 1. The Bertz CT molecular complexity index is 389. The Morgan fingerprint density at radius 1 is 1.22 bits per heavy atom. The smallest absolute Gasteiger partial charge is 0.313 e. The van der Waals surface area contributed by atoms with Crippen LogP contribution in [0.3, 0.4) is 0 Å². The Hall–Kier alpha value is -0.820. The van der Waals surface area contributed by atoms with Crippen molar-refractivity contribution in [1.82, 2.24) is 10.2 Å². The molecule has 100 valence electrons. The number of thioether (sulfide) groups is 1. The second-order valence-electron chi connectivity index (χ2n) is 4.29. The van der Waals surface area contributed by atoms with Gasteiger partial charge in [-0.3, -0.25) is 4.79 Å². The predicted molar refractivity (Wildman–Crippen MR) is 73.6 cm³/mol. The van der Waals surface area contributed by atoms with Crippen molar-refractivity contribution in [3.63, 3.8) is 0 Å². The van der Waals surface area contributed by atoms with Crippen LogP contribution in [0.5, 0.6) is 0 Å². The maximum Gasteiger partial charge on any atom is 0.313 e. The van der Waals surface area contributed by atoms with Crippen molar-refractivity contribution < 1.29 is 9.90 Å². The third-order valence-corrected chi connectivity index (χ3v) is 4.94. The third kappa shape index (κ3) is 4.13. The average Bonchev–Trinajstić information content (AvgIpc) is 2.74. The van der Waals surface area contributed by atoms with Gasteiger partial charge >= 0.3 is 5.97 Å². The number of hydrogen-bond donors (Lipinski definition) is 1. The van der Waals surface area contributed by atoms with Crippen LogP contribution in [-0.4, -0.2) is 40.1 Å². The summed E-state index contributed by atoms with van der Waals surface area (Å²) in [5.74, 6) is -0.766. The molecule has 1 N–H and O–H groups in total. The standard InChI is InChI=1S/C11H17N3O2S2/c15-9(16)8-17-11-13-12-10(18-11)14-6-4-2-1-3-5-7-14/h1-8H2,(H,15,16). The van der Waals surface area contributed by atoms with Gasteiger partial charge in [0, 0.05) is 13.1 Å². The molecule has 0 amide bonds. The summed E-state index contributed by atoms with van der Waals surface area (Å²) < 4.78 is 0.745. The molecule has 2 heterocycles. The van der Waals surface area contributed by atoms with Crippen LogP contribution in [0.2, 0.25) is 0 Å². The molecule has 1 aromatic rings. The summed E-state index contributed by atoms with van der Waals surface area (Å²) in [6.45, 7) is 2.08. The monoisotopic (exact) mass is 287 g/mol. The maximum atomic E-state index is 10.5. The molecule has 5 nitrogen and oxygen atoms in total. The van der Waals surface area contributed by atoms with E-state index in [-0.39, 0.29) is 5.75 Å². The van der Waals surface area contributed by atoms with Crippen molar-refractivity contribution in [3.05, 3.63) is 0 Å². The normalized spacial score (nSPS) is 17.2. The van der Waals surface area contributed by atoms with Crippen molar-refractivity contribution in [1.29, 1.82) is 0 Å². The van der Waals surface area contributed by atoms with E-state index in [1.165, 1.54) is 55.2 Å². The average molecular weight is 287 g/mol. The first-order valence-electron chi connectivity index (χ1n) is 6.19. The molecule has 0 spiro atoms. The van der Waals surface area contributed by atoms with E-state index >= 15 is 0 Å². The van der Waals surface area contributed by atoms with Crippen molar-refractivity contribution in [2.45, 2.75) is 36.4 Å². The highest BCUT2D eigenvalue weighted by molar-refractivity contribution is 8.01. The quantitative estimate of drug-likeness (QED) is 0.858. The van der Waals surface area contributed by atoms with Crippen molar-refractivity contribution >= 4 is 34.2 Å². The summed E-state index contributed by atoms with van der Waals surface area (Å²) in [5, 5.41) is 17.8. The minimum atomic E-state index is -0.817.